The number of hydrogen-bond donors (Lipinski definition) is 1. The van der Waals surface area contributed by atoms with Crippen LogP contribution in [0.5, 0.6) is 0 Å². The van der Waals surface area contributed by atoms with Gasteiger partial charge < -0.3 is 14.6 Å². The Bertz CT molecular complexity index is 193. The summed E-state index contributed by atoms with van der Waals surface area (Å²) in [5, 5.41) is 8.20. The van der Waals surface area contributed by atoms with Crippen LogP contribution in [-0.4, -0.2) is 31.3 Å². The van der Waals surface area contributed by atoms with Crippen LogP contribution in [0.3, 0.4) is 0 Å². The molecule has 62 valence electrons. The molecule has 0 bridgehead atoms. The van der Waals surface area contributed by atoms with E-state index in [2.05, 4.69) is 9.47 Å². The monoisotopic (exact) mass is 160 g/mol. The maximum Gasteiger partial charge on any atom is 0.373 e. The van der Waals surface area contributed by atoms with E-state index in [-0.39, 0.29) is 5.76 Å². The minimum atomic E-state index is -1.26. The minimum Gasteiger partial charge on any atom is -0.490 e. The lowest BCUT2D eigenvalue weighted by molar-refractivity contribution is -0.140. The second kappa shape index (κ2) is 4.32. The summed E-state index contributed by atoms with van der Waals surface area (Å²) in [7, 11) is 2.32. The lowest BCUT2D eigenvalue weighted by atomic mass is 10.4. The zero-order valence-electron chi connectivity index (χ0n) is 6.16. The van der Waals surface area contributed by atoms with Crippen molar-refractivity contribution in [3.63, 3.8) is 0 Å². The molecule has 0 aliphatic heterocycles. The first-order chi connectivity index (χ1) is 5.11. The van der Waals surface area contributed by atoms with Gasteiger partial charge >= 0.3 is 11.9 Å². The van der Waals surface area contributed by atoms with Crippen LogP contribution in [-0.2, 0) is 19.1 Å². The van der Waals surface area contributed by atoms with Gasteiger partial charge in [-0.05, 0) is 0 Å². The van der Waals surface area contributed by atoms with E-state index in [1.54, 1.807) is 0 Å². The van der Waals surface area contributed by atoms with Crippen LogP contribution in [0, 0.1) is 0 Å². The van der Waals surface area contributed by atoms with Crippen molar-refractivity contribution in [2.24, 2.45) is 0 Å². The Labute approximate surface area is 63.2 Å². The van der Waals surface area contributed by atoms with E-state index in [1.165, 1.54) is 7.11 Å². The molecule has 0 spiro atoms. The molecule has 0 radical (unpaired) electrons. The molecular weight excluding hydrogens is 152 g/mol. The Kier molecular flexibility index (Phi) is 3.72. The number of rotatable bonds is 3. The molecule has 0 aromatic carbocycles. The smallest absolute Gasteiger partial charge is 0.373 e. The molecule has 0 aliphatic carbocycles. The highest BCUT2D eigenvalue weighted by Crippen LogP contribution is 1.96. The fraction of sp³-hybridized carbons (Fsp3) is 0.333. The quantitative estimate of drug-likeness (QED) is 0.351. The molecule has 0 amide bonds. The molecule has 5 nitrogen and oxygen atoms in total. The molecule has 0 heterocycles. The van der Waals surface area contributed by atoms with Crippen LogP contribution in [0.25, 0.3) is 0 Å². The molecule has 0 atom stereocenters. The first-order valence-corrected chi connectivity index (χ1v) is 2.68. The molecule has 11 heavy (non-hydrogen) atoms. The average Bonchev–Trinajstić information content (AvgIpc) is 1.98. The second-order valence-corrected chi connectivity index (χ2v) is 1.54. The molecule has 0 unspecified atom stereocenters. The van der Waals surface area contributed by atoms with Crippen molar-refractivity contribution < 1.29 is 24.2 Å². The van der Waals surface area contributed by atoms with Gasteiger partial charge in [-0.1, -0.05) is 0 Å². The molecule has 0 aromatic rings. The van der Waals surface area contributed by atoms with Gasteiger partial charge in [0.25, 0.3) is 0 Å². The van der Waals surface area contributed by atoms with E-state index in [0.29, 0.717) is 6.08 Å². The SMILES string of the molecule is COC(=O)C(=CC(=O)O)OC. The standard InChI is InChI=1S/C6H8O5/c1-10-4(3-5(7)8)6(9)11-2/h3H,1-2H3,(H,7,8). The van der Waals surface area contributed by atoms with Crippen molar-refractivity contribution >= 4 is 11.9 Å². The van der Waals surface area contributed by atoms with E-state index in [4.69, 9.17) is 5.11 Å². The fourth-order valence-corrected chi connectivity index (χ4v) is 0.414. The molecule has 0 saturated heterocycles. The summed E-state index contributed by atoms with van der Waals surface area (Å²) in [4.78, 5) is 20.6. The van der Waals surface area contributed by atoms with Gasteiger partial charge in [0.1, 0.15) is 0 Å². The average molecular weight is 160 g/mol. The van der Waals surface area contributed by atoms with E-state index in [0.717, 1.165) is 7.11 Å². The van der Waals surface area contributed by atoms with Crippen molar-refractivity contribution in [2.75, 3.05) is 14.2 Å². The summed E-state index contributed by atoms with van der Waals surface area (Å²) in [6.07, 6.45) is 0.631. The normalized spacial score (nSPS) is 10.5. The predicted molar refractivity (Wildman–Crippen MR) is 34.7 cm³/mol. The third-order valence-electron chi connectivity index (χ3n) is 0.861. The molecule has 0 rings (SSSR count). The van der Waals surface area contributed by atoms with Gasteiger partial charge in [0.2, 0.25) is 5.76 Å². The number of carboxylic acids is 1. The number of carbonyl (C=O) groups excluding carboxylic acids is 1. The lowest BCUT2D eigenvalue weighted by Crippen LogP contribution is -2.08. The van der Waals surface area contributed by atoms with Gasteiger partial charge in [-0.15, -0.1) is 0 Å². The van der Waals surface area contributed by atoms with E-state index >= 15 is 0 Å². The van der Waals surface area contributed by atoms with Crippen LogP contribution >= 0.6 is 0 Å². The van der Waals surface area contributed by atoms with Crippen LogP contribution in [0.2, 0.25) is 0 Å². The summed E-state index contributed by atoms with van der Waals surface area (Å²) < 4.78 is 8.63. The van der Waals surface area contributed by atoms with E-state index in [1.807, 2.05) is 0 Å². The summed E-state index contributed by atoms with van der Waals surface area (Å²) in [6, 6.07) is 0. The first-order valence-electron chi connectivity index (χ1n) is 2.68. The third kappa shape index (κ3) is 3.24. The van der Waals surface area contributed by atoms with E-state index in [9.17, 15) is 9.59 Å². The molecule has 0 aliphatic rings. The largest absolute Gasteiger partial charge is 0.490 e. The topological polar surface area (TPSA) is 72.8 Å². The zero-order valence-corrected chi connectivity index (χ0v) is 6.16. The summed E-state index contributed by atoms with van der Waals surface area (Å²) in [6.45, 7) is 0. The number of ether oxygens (including phenoxy) is 2. The van der Waals surface area contributed by atoms with Crippen molar-refractivity contribution in [3.8, 4) is 0 Å². The predicted octanol–water partition coefficient (Wildman–Crippen LogP) is -0.226. The van der Waals surface area contributed by atoms with Gasteiger partial charge in [0.15, 0.2) is 0 Å². The first kappa shape index (κ1) is 9.48. The van der Waals surface area contributed by atoms with Gasteiger partial charge in [-0.3, -0.25) is 0 Å². The Morgan fingerprint density at radius 3 is 2.09 bits per heavy atom. The Balaban J connectivity index is 4.39. The van der Waals surface area contributed by atoms with Gasteiger partial charge in [-0.2, -0.15) is 0 Å². The van der Waals surface area contributed by atoms with E-state index < -0.39 is 11.9 Å². The highest BCUT2D eigenvalue weighted by Gasteiger charge is 2.10. The second-order valence-electron chi connectivity index (χ2n) is 1.54. The number of esters is 1. The highest BCUT2D eigenvalue weighted by molar-refractivity contribution is 5.93. The zero-order chi connectivity index (χ0) is 8.85. The van der Waals surface area contributed by atoms with Crippen molar-refractivity contribution in [1.29, 1.82) is 0 Å². The molecule has 1 N–H and O–H groups in total. The number of methoxy groups -OCH3 is 2. The van der Waals surface area contributed by atoms with Crippen LogP contribution in [0.4, 0.5) is 0 Å². The number of carbonyl (C=O) groups is 2. The van der Waals surface area contributed by atoms with Crippen LogP contribution < -0.4 is 0 Å². The van der Waals surface area contributed by atoms with Gasteiger partial charge in [0, 0.05) is 0 Å². The van der Waals surface area contributed by atoms with Crippen molar-refractivity contribution in [3.05, 3.63) is 11.8 Å². The molecule has 0 aromatic heterocycles. The number of aliphatic carboxylic acids is 1. The Morgan fingerprint density at radius 1 is 1.27 bits per heavy atom. The summed E-state index contributed by atoms with van der Waals surface area (Å²) >= 11 is 0. The number of hydrogen-bond acceptors (Lipinski definition) is 4. The van der Waals surface area contributed by atoms with Crippen molar-refractivity contribution in [2.45, 2.75) is 0 Å². The number of carboxylic acid groups (broad SMARTS) is 1. The maximum absolute atomic E-state index is 10.6. The molecule has 0 fully saturated rings. The minimum absolute atomic E-state index is 0.333. The molecular formula is C6H8O5. The molecule has 5 heteroatoms. The van der Waals surface area contributed by atoms with Gasteiger partial charge in [0.05, 0.1) is 20.3 Å². The van der Waals surface area contributed by atoms with Gasteiger partial charge in [-0.25, -0.2) is 9.59 Å². The van der Waals surface area contributed by atoms with Crippen LogP contribution in [0.1, 0.15) is 0 Å². The Hall–Kier alpha value is -1.52. The maximum atomic E-state index is 10.6. The third-order valence-corrected chi connectivity index (χ3v) is 0.861. The highest BCUT2D eigenvalue weighted by atomic mass is 16.6. The van der Waals surface area contributed by atoms with Crippen LogP contribution in [0.15, 0.2) is 11.8 Å². The molecule has 0 saturated carbocycles. The fourth-order valence-electron chi connectivity index (χ4n) is 0.414. The summed E-state index contributed by atoms with van der Waals surface area (Å²) in [5.41, 5.74) is 0. The lowest BCUT2D eigenvalue weighted by Gasteiger charge is -2.00. The summed E-state index contributed by atoms with van der Waals surface area (Å²) in [5.74, 6) is -2.40. The van der Waals surface area contributed by atoms with Crippen molar-refractivity contribution in [1.82, 2.24) is 0 Å². The Morgan fingerprint density at radius 2 is 1.82 bits per heavy atom.